The molecule has 0 saturated carbocycles. The molecule has 3 N–H and O–H groups in total. The number of hydrogen-bond donors (Lipinski definition) is 3. The molecule has 0 amide bonds. The molecule has 5 heteroatoms. The Morgan fingerprint density at radius 2 is 1.00 bits per heavy atom. The first-order valence-electron chi connectivity index (χ1n) is 0.775. The Morgan fingerprint density at radius 3 is 1.00 bits per heavy atom. The van der Waals surface area contributed by atoms with E-state index in [-0.39, 0.29) is 19.8 Å². The first-order chi connectivity index (χ1) is 1.73. The topological polar surface area (TPSA) is 60.7 Å². The Balaban J connectivity index is 0. The zero-order chi connectivity index (χ0) is 3.58. The van der Waals surface area contributed by atoms with Gasteiger partial charge in [-0.1, -0.05) is 0 Å². The molecule has 0 atom stereocenters. The van der Waals surface area contributed by atoms with Crippen LogP contribution in [-0.2, 0) is 19.8 Å². The molecule has 0 rings (SSSR count). The quantitative estimate of drug-likeness (QED) is 0.435. The molecule has 0 unspecified atom stereocenters. The SMILES string of the molecule is OB(O)O.[Os]. The Labute approximate surface area is 42.9 Å². The fraction of sp³-hybridized carbons (Fsp3) is 0. The molecular weight excluding hydrogens is 249 g/mol. The molecular formula is H3BO3Os. The van der Waals surface area contributed by atoms with Gasteiger partial charge in [0.05, 0.1) is 0 Å². The monoisotopic (exact) mass is 254 g/mol. The van der Waals surface area contributed by atoms with E-state index in [9.17, 15) is 0 Å². The van der Waals surface area contributed by atoms with Crippen molar-refractivity contribution in [3.63, 3.8) is 0 Å². The van der Waals surface area contributed by atoms with Crippen LogP contribution in [0.3, 0.4) is 0 Å². The van der Waals surface area contributed by atoms with Crippen LogP contribution in [-0.4, -0.2) is 22.4 Å². The van der Waals surface area contributed by atoms with Crippen molar-refractivity contribution < 1.29 is 34.9 Å². The summed E-state index contributed by atoms with van der Waals surface area (Å²) in [6.07, 6.45) is 0. The molecule has 32 valence electrons. The van der Waals surface area contributed by atoms with Crippen molar-refractivity contribution in [3.8, 4) is 0 Å². The summed E-state index contributed by atoms with van der Waals surface area (Å²) in [7, 11) is -2.17. The average Bonchev–Trinajstić information content (AvgIpc) is 0.811. The Morgan fingerprint density at radius 1 is 1.00 bits per heavy atom. The first-order valence-corrected chi connectivity index (χ1v) is 0.775. The summed E-state index contributed by atoms with van der Waals surface area (Å²) in [5, 5.41) is 21.5. The molecule has 0 aliphatic carbocycles. The molecule has 0 radical (unpaired) electrons. The molecule has 0 fully saturated rings. The maximum Gasteiger partial charge on any atom is 0.631 e. The Kier molecular flexibility index (Phi) is 8.37. The van der Waals surface area contributed by atoms with Gasteiger partial charge in [0.2, 0.25) is 0 Å². The van der Waals surface area contributed by atoms with Crippen LogP contribution in [0.1, 0.15) is 0 Å². The van der Waals surface area contributed by atoms with E-state index in [1.807, 2.05) is 0 Å². The maximum absolute atomic E-state index is 7.17. The van der Waals surface area contributed by atoms with E-state index in [1.54, 1.807) is 0 Å². The van der Waals surface area contributed by atoms with E-state index >= 15 is 0 Å². The fourth-order valence-electron chi connectivity index (χ4n) is 0. The van der Waals surface area contributed by atoms with Crippen LogP contribution in [0.25, 0.3) is 0 Å². The second-order valence-corrected chi connectivity index (χ2v) is 0.346. The molecule has 5 heavy (non-hydrogen) atoms. The molecule has 0 aliphatic rings. The minimum atomic E-state index is -2.17. The zero-order valence-corrected chi connectivity index (χ0v) is 4.81. The van der Waals surface area contributed by atoms with Gasteiger partial charge < -0.3 is 15.1 Å². The van der Waals surface area contributed by atoms with E-state index in [4.69, 9.17) is 15.1 Å². The second kappa shape index (κ2) is 4.58. The summed E-state index contributed by atoms with van der Waals surface area (Å²) in [5.74, 6) is 0. The van der Waals surface area contributed by atoms with Crippen molar-refractivity contribution in [1.82, 2.24) is 0 Å². The molecule has 0 bridgehead atoms. The summed E-state index contributed by atoms with van der Waals surface area (Å²) < 4.78 is 0. The summed E-state index contributed by atoms with van der Waals surface area (Å²) in [4.78, 5) is 0. The number of hydrogen-bond acceptors (Lipinski definition) is 3. The molecule has 0 heterocycles. The predicted molar refractivity (Wildman–Crippen MR) is 12.4 cm³/mol. The minimum Gasteiger partial charge on any atom is -0.402 e. The third-order valence-corrected chi connectivity index (χ3v) is 0. The summed E-state index contributed by atoms with van der Waals surface area (Å²) in [5.41, 5.74) is 0. The van der Waals surface area contributed by atoms with Gasteiger partial charge >= 0.3 is 7.32 Å². The Bertz CT molecular complexity index is 11.6. The van der Waals surface area contributed by atoms with Gasteiger partial charge in [-0.05, 0) is 0 Å². The van der Waals surface area contributed by atoms with Gasteiger partial charge in [0.15, 0.2) is 0 Å². The van der Waals surface area contributed by atoms with Gasteiger partial charge in [-0.25, -0.2) is 0 Å². The Hall–Kier alpha value is 0.581. The van der Waals surface area contributed by atoms with Gasteiger partial charge in [-0.3, -0.25) is 0 Å². The molecule has 0 aromatic carbocycles. The molecule has 0 saturated heterocycles. The van der Waals surface area contributed by atoms with Crippen LogP contribution in [0.2, 0.25) is 0 Å². The van der Waals surface area contributed by atoms with Crippen LogP contribution >= 0.6 is 0 Å². The normalized spacial score (nSPS) is 5.40. The van der Waals surface area contributed by atoms with Crippen molar-refractivity contribution in [1.29, 1.82) is 0 Å². The van der Waals surface area contributed by atoms with Crippen LogP contribution in [0, 0.1) is 0 Å². The molecule has 0 aliphatic heterocycles. The molecule has 3 nitrogen and oxygen atoms in total. The minimum absolute atomic E-state index is 0. The average molecular weight is 252 g/mol. The van der Waals surface area contributed by atoms with Gasteiger partial charge in [0, 0.05) is 19.8 Å². The van der Waals surface area contributed by atoms with E-state index in [0.717, 1.165) is 0 Å². The van der Waals surface area contributed by atoms with Crippen molar-refractivity contribution in [3.05, 3.63) is 0 Å². The largest absolute Gasteiger partial charge is 0.631 e. The van der Waals surface area contributed by atoms with E-state index < -0.39 is 7.32 Å². The summed E-state index contributed by atoms with van der Waals surface area (Å²) in [6.45, 7) is 0. The third-order valence-electron chi connectivity index (χ3n) is 0. The van der Waals surface area contributed by atoms with E-state index in [1.165, 1.54) is 0 Å². The maximum atomic E-state index is 7.17. The van der Waals surface area contributed by atoms with Gasteiger partial charge in [-0.15, -0.1) is 0 Å². The standard InChI is InChI=1S/BH3O3.Os/c2-1(3)4;/h2-4H;. The number of rotatable bonds is 0. The summed E-state index contributed by atoms with van der Waals surface area (Å²) >= 11 is 0. The van der Waals surface area contributed by atoms with Crippen LogP contribution in [0.4, 0.5) is 0 Å². The van der Waals surface area contributed by atoms with Crippen molar-refractivity contribution in [2.75, 3.05) is 0 Å². The first kappa shape index (κ1) is 9.13. The van der Waals surface area contributed by atoms with Crippen LogP contribution in [0.5, 0.6) is 0 Å². The molecule has 0 aromatic heterocycles. The van der Waals surface area contributed by atoms with Crippen molar-refractivity contribution in [2.45, 2.75) is 0 Å². The smallest absolute Gasteiger partial charge is 0.402 e. The zero-order valence-electron chi connectivity index (χ0n) is 2.27. The van der Waals surface area contributed by atoms with Crippen molar-refractivity contribution >= 4 is 7.32 Å². The third kappa shape index (κ3) is 90.3. The predicted octanol–water partition coefficient (Wildman–Crippen LogP) is -2.05. The molecule has 0 aromatic rings. The molecule has 0 spiro atoms. The van der Waals surface area contributed by atoms with Crippen molar-refractivity contribution in [2.24, 2.45) is 0 Å². The fourth-order valence-corrected chi connectivity index (χ4v) is 0. The van der Waals surface area contributed by atoms with Gasteiger partial charge in [-0.2, -0.15) is 0 Å². The van der Waals surface area contributed by atoms with Gasteiger partial charge in [0.1, 0.15) is 0 Å². The van der Waals surface area contributed by atoms with Crippen LogP contribution < -0.4 is 0 Å². The van der Waals surface area contributed by atoms with Crippen LogP contribution in [0.15, 0.2) is 0 Å². The summed E-state index contributed by atoms with van der Waals surface area (Å²) in [6, 6.07) is 0. The van der Waals surface area contributed by atoms with Gasteiger partial charge in [0.25, 0.3) is 0 Å². The van der Waals surface area contributed by atoms with E-state index in [0.29, 0.717) is 0 Å². The van der Waals surface area contributed by atoms with E-state index in [2.05, 4.69) is 0 Å². The second-order valence-electron chi connectivity index (χ2n) is 0.346.